The van der Waals surface area contributed by atoms with Crippen LogP contribution in [-0.4, -0.2) is 24.0 Å². The van der Waals surface area contributed by atoms with E-state index in [4.69, 9.17) is 5.73 Å². The van der Waals surface area contributed by atoms with E-state index in [1.807, 2.05) is 6.92 Å². The van der Waals surface area contributed by atoms with Gasteiger partial charge in [-0.25, -0.2) is 4.98 Å². The summed E-state index contributed by atoms with van der Waals surface area (Å²) in [5, 5.41) is 6.59. The zero-order valence-electron chi connectivity index (χ0n) is 10.8. The molecule has 1 rings (SSSR count). The van der Waals surface area contributed by atoms with E-state index in [-0.39, 0.29) is 17.1 Å². The number of hydrogen-bond donors (Lipinski definition) is 3. The monoisotopic (exact) mass is 256 g/mol. The van der Waals surface area contributed by atoms with Gasteiger partial charge in [-0.1, -0.05) is 32.1 Å². The van der Waals surface area contributed by atoms with Gasteiger partial charge in [0.2, 0.25) is 0 Å². The third kappa shape index (κ3) is 4.22. The summed E-state index contributed by atoms with van der Waals surface area (Å²) < 4.78 is 0. The van der Waals surface area contributed by atoms with Crippen molar-refractivity contribution in [1.82, 2.24) is 10.3 Å². The van der Waals surface area contributed by atoms with Gasteiger partial charge in [-0.15, -0.1) is 0 Å². The molecule has 0 saturated carbocycles. The van der Waals surface area contributed by atoms with Crippen molar-refractivity contribution >= 4 is 28.2 Å². The Labute approximate surface area is 106 Å². The van der Waals surface area contributed by atoms with Gasteiger partial charge in [0.1, 0.15) is 10.7 Å². The molecule has 0 saturated heterocycles. The van der Waals surface area contributed by atoms with Gasteiger partial charge < -0.3 is 16.4 Å². The highest BCUT2D eigenvalue weighted by atomic mass is 32.1. The van der Waals surface area contributed by atoms with Crippen LogP contribution >= 0.6 is 11.3 Å². The Kier molecular flexibility index (Phi) is 4.34. The van der Waals surface area contributed by atoms with Crippen molar-refractivity contribution in [2.75, 3.05) is 24.1 Å². The maximum atomic E-state index is 11.9. The molecule has 0 fully saturated rings. The van der Waals surface area contributed by atoms with Gasteiger partial charge in [-0.05, 0) is 12.3 Å². The number of nitrogens with one attached hydrogen (secondary N) is 2. The highest BCUT2D eigenvalue weighted by Gasteiger charge is 2.18. The van der Waals surface area contributed by atoms with Crippen LogP contribution in [0.2, 0.25) is 0 Å². The first kappa shape index (κ1) is 13.8. The molecule has 0 unspecified atom stereocenters. The Morgan fingerprint density at radius 1 is 1.47 bits per heavy atom. The lowest BCUT2D eigenvalue weighted by atomic mass is 9.97. The number of carbonyl (C=O) groups excluding carboxylic acids is 1. The molecule has 1 amide bonds. The molecule has 17 heavy (non-hydrogen) atoms. The van der Waals surface area contributed by atoms with Crippen LogP contribution in [0.15, 0.2) is 0 Å². The summed E-state index contributed by atoms with van der Waals surface area (Å²) in [6, 6.07) is 0. The summed E-state index contributed by atoms with van der Waals surface area (Å²) in [7, 11) is 0. The first-order valence-electron chi connectivity index (χ1n) is 5.62. The first-order valence-corrected chi connectivity index (χ1v) is 6.43. The molecule has 0 aromatic carbocycles. The normalized spacial score (nSPS) is 11.3. The van der Waals surface area contributed by atoms with Crippen molar-refractivity contribution in [3.63, 3.8) is 0 Å². The summed E-state index contributed by atoms with van der Waals surface area (Å²) in [6.45, 7) is 9.53. The minimum atomic E-state index is -0.154. The minimum Gasteiger partial charge on any atom is -0.382 e. The molecule has 0 aliphatic heterocycles. The average Bonchev–Trinajstić information content (AvgIpc) is 2.55. The van der Waals surface area contributed by atoms with Crippen molar-refractivity contribution in [1.29, 1.82) is 0 Å². The fraction of sp³-hybridized carbons (Fsp3) is 0.636. The lowest BCUT2D eigenvalue weighted by molar-refractivity contribution is 0.0944. The third-order valence-electron chi connectivity index (χ3n) is 1.97. The van der Waals surface area contributed by atoms with Gasteiger partial charge in [-0.2, -0.15) is 0 Å². The predicted molar refractivity (Wildman–Crippen MR) is 72.5 cm³/mol. The summed E-state index contributed by atoms with van der Waals surface area (Å²) in [5.41, 5.74) is 5.77. The molecule has 96 valence electrons. The maximum Gasteiger partial charge on any atom is 0.265 e. The highest BCUT2D eigenvalue weighted by Crippen LogP contribution is 2.24. The van der Waals surface area contributed by atoms with Crippen molar-refractivity contribution in [2.24, 2.45) is 5.41 Å². The highest BCUT2D eigenvalue weighted by molar-refractivity contribution is 7.18. The second-order valence-corrected chi connectivity index (χ2v) is 6.01. The Morgan fingerprint density at radius 3 is 2.65 bits per heavy atom. The molecule has 0 spiro atoms. The molecule has 4 N–H and O–H groups in total. The summed E-state index contributed by atoms with van der Waals surface area (Å²) in [6.07, 6.45) is 0. The molecular formula is C11H20N4OS. The van der Waals surface area contributed by atoms with Crippen molar-refractivity contribution in [2.45, 2.75) is 27.7 Å². The van der Waals surface area contributed by atoms with Gasteiger partial charge in [-0.3, -0.25) is 4.79 Å². The van der Waals surface area contributed by atoms with Gasteiger partial charge in [0.25, 0.3) is 5.91 Å². The molecule has 1 heterocycles. The van der Waals surface area contributed by atoms with Crippen LogP contribution in [0.5, 0.6) is 0 Å². The van der Waals surface area contributed by atoms with Crippen LogP contribution in [0.3, 0.4) is 0 Å². The van der Waals surface area contributed by atoms with E-state index >= 15 is 0 Å². The molecule has 0 radical (unpaired) electrons. The van der Waals surface area contributed by atoms with Crippen LogP contribution < -0.4 is 16.4 Å². The van der Waals surface area contributed by atoms with E-state index in [9.17, 15) is 4.79 Å². The second-order valence-electron chi connectivity index (χ2n) is 5.01. The lowest BCUT2D eigenvalue weighted by Crippen LogP contribution is -2.32. The van der Waals surface area contributed by atoms with Crippen LogP contribution in [0, 0.1) is 5.41 Å². The smallest absolute Gasteiger partial charge is 0.265 e. The van der Waals surface area contributed by atoms with E-state index < -0.39 is 0 Å². The summed E-state index contributed by atoms with van der Waals surface area (Å²) >= 11 is 1.28. The predicted octanol–water partition coefficient (Wildman–Crippen LogP) is 1.93. The number of nitrogen functional groups attached to an aromatic ring is 1. The molecule has 5 nitrogen and oxygen atoms in total. The number of thiazole rings is 1. The quantitative estimate of drug-likeness (QED) is 0.769. The van der Waals surface area contributed by atoms with Gasteiger partial charge in [0.05, 0.1) is 0 Å². The average molecular weight is 256 g/mol. The minimum absolute atomic E-state index is 0.0552. The number of anilines is 2. The number of nitrogens with two attached hydrogens (primary N) is 1. The summed E-state index contributed by atoms with van der Waals surface area (Å²) in [4.78, 5) is 16.4. The Balaban J connectivity index is 2.68. The maximum absolute atomic E-state index is 11.9. The third-order valence-corrected chi connectivity index (χ3v) is 2.99. The van der Waals surface area contributed by atoms with E-state index in [2.05, 4.69) is 36.4 Å². The van der Waals surface area contributed by atoms with Crippen molar-refractivity contribution < 1.29 is 4.79 Å². The molecule has 1 aromatic rings. The molecular weight excluding hydrogens is 236 g/mol. The molecule has 6 heteroatoms. The zero-order chi connectivity index (χ0) is 13.1. The van der Waals surface area contributed by atoms with E-state index in [1.54, 1.807) is 0 Å². The van der Waals surface area contributed by atoms with Gasteiger partial charge in [0, 0.05) is 13.1 Å². The van der Waals surface area contributed by atoms with Gasteiger partial charge in [0.15, 0.2) is 5.13 Å². The SMILES string of the molecule is CCNc1nc(N)c(C(=O)NCC(C)(C)C)s1. The molecule has 0 aliphatic rings. The molecule has 0 bridgehead atoms. The molecule has 0 atom stereocenters. The number of carbonyl (C=O) groups is 1. The Bertz CT molecular complexity index is 395. The van der Waals surface area contributed by atoms with Gasteiger partial charge >= 0.3 is 0 Å². The largest absolute Gasteiger partial charge is 0.382 e. The number of amides is 1. The lowest BCUT2D eigenvalue weighted by Gasteiger charge is -2.18. The van der Waals surface area contributed by atoms with E-state index in [0.29, 0.717) is 16.6 Å². The van der Waals surface area contributed by atoms with Crippen molar-refractivity contribution in [3.05, 3.63) is 4.88 Å². The number of aromatic nitrogens is 1. The summed E-state index contributed by atoms with van der Waals surface area (Å²) in [5.74, 6) is 0.136. The molecule has 0 aliphatic carbocycles. The van der Waals surface area contributed by atoms with Crippen LogP contribution in [0.1, 0.15) is 37.4 Å². The standard InChI is InChI=1S/C11H20N4OS/c1-5-13-10-15-8(12)7(17-10)9(16)14-6-11(2,3)4/h5-6,12H2,1-4H3,(H,13,15)(H,14,16). The Hall–Kier alpha value is -1.30. The second kappa shape index (κ2) is 5.35. The van der Waals surface area contributed by atoms with Crippen LogP contribution in [0.25, 0.3) is 0 Å². The molecule has 1 aromatic heterocycles. The Morgan fingerprint density at radius 2 is 2.12 bits per heavy atom. The van der Waals surface area contributed by atoms with Crippen LogP contribution in [0.4, 0.5) is 10.9 Å². The fourth-order valence-electron chi connectivity index (χ4n) is 1.15. The number of nitrogens with zero attached hydrogens (tertiary/aromatic N) is 1. The number of rotatable bonds is 4. The number of hydrogen-bond acceptors (Lipinski definition) is 5. The first-order chi connectivity index (χ1) is 7.83. The zero-order valence-corrected chi connectivity index (χ0v) is 11.6. The van der Waals surface area contributed by atoms with E-state index in [0.717, 1.165) is 6.54 Å². The topological polar surface area (TPSA) is 80.0 Å². The van der Waals surface area contributed by atoms with Crippen LogP contribution in [-0.2, 0) is 0 Å². The fourth-order valence-corrected chi connectivity index (χ4v) is 2.02. The van der Waals surface area contributed by atoms with E-state index in [1.165, 1.54) is 11.3 Å². The van der Waals surface area contributed by atoms with Crippen molar-refractivity contribution in [3.8, 4) is 0 Å².